The van der Waals surface area contributed by atoms with Crippen molar-refractivity contribution in [3.8, 4) is 0 Å². The lowest BCUT2D eigenvalue weighted by molar-refractivity contribution is -0.151. The Bertz CT molecular complexity index is 263. The molecule has 0 unspecified atom stereocenters. The monoisotopic (exact) mass is 267 g/mol. The standard InChI is InChI=1S/C11H20F3N3O/c1-2-3-15-8-10(18)17-6-4-16(5-7-17)9-11(12,13)14/h15H,2-9H2,1H3. The fourth-order valence-electron chi connectivity index (χ4n) is 1.89. The van der Waals surface area contributed by atoms with E-state index in [-0.39, 0.29) is 12.5 Å². The Morgan fingerprint density at radius 3 is 2.33 bits per heavy atom. The number of alkyl halides is 3. The molecule has 0 aromatic rings. The van der Waals surface area contributed by atoms with E-state index in [0.717, 1.165) is 13.0 Å². The highest BCUT2D eigenvalue weighted by Crippen LogP contribution is 2.17. The third kappa shape index (κ3) is 5.68. The molecule has 1 saturated heterocycles. The summed E-state index contributed by atoms with van der Waals surface area (Å²) in [6, 6.07) is 0. The quantitative estimate of drug-likeness (QED) is 0.745. The molecule has 0 spiro atoms. The van der Waals surface area contributed by atoms with Gasteiger partial charge < -0.3 is 10.2 Å². The molecule has 1 heterocycles. The van der Waals surface area contributed by atoms with Crippen LogP contribution in [0, 0.1) is 0 Å². The molecule has 106 valence electrons. The van der Waals surface area contributed by atoms with Crippen molar-refractivity contribution >= 4 is 5.91 Å². The normalized spacial score (nSPS) is 18.1. The van der Waals surface area contributed by atoms with Crippen LogP contribution < -0.4 is 5.32 Å². The summed E-state index contributed by atoms with van der Waals surface area (Å²) in [5.41, 5.74) is 0. The van der Waals surface area contributed by atoms with Gasteiger partial charge in [-0.05, 0) is 13.0 Å². The maximum Gasteiger partial charge on any atom is 0.401 e. The molecule has 1 aliphatic heterocycles. The molecule has 1 rings (SSSR count). The first-order chi connectivity index (χ1) is 8.42. The van der Waals surface area contributed by atoms with Gasteiger partial charge in [0.1, 0.15) is 0 Å². The molecule has 1 aliphatic rings. The first-order valence-corrected chi connectivity index (χ1v) is 6.20. The maximum atomic E-state index is 12.2. The van der Waals surface area contributed by atoms with E-state index < -0.39 is 12.7 Å². The number of carbonyl (C=O) groups is 1. The number of piperazine rings is 1. The maximum absolute atomic E-state index is 12.2. The number of carbonyl (C=O) groups excluding carboxylic acids is 1. The summed E-state index contributed by atoms with van der Waals surface area (Å²) < 4.78 is 36.5. The summed E-state index contributed by atoms with van der Waals surface area (Å²) in [5, 5.41) is 3.00. The van der Waals surface area contributed by atoms with Gasteiger partial charge in [-0.3, -0.25) is 9.69 Å². The van der Waals surface area contributed by atoms with Gasteiger partial charge in [-0.25, -0.2) is 0 Å². The van der Waals surface area contributed by atoms with Gasteiger partial charge in [-0.15, -0.1) is 0 Å². The molecule has 0 bridgehead atoms. The van der Waals surface area contributed by atoms with Crippen molar-refractivity contribution in [3.05, 3.63) is 0 Å². The fraction of sp³-hybridized carbons (Fsp3) is 0.909. The third-order valence-electron chi connectivity index (χ3n) is 2.83. The summed E-state index contributed by atoms with van der Waals surface area (Å²) in [6.45, 7) is 3.51. The summed E-state index contributed by atoms with van der Waals surface area (Å²) in [5.74, 6) is -0.0323. The van der Waals surface area contributed by atoms with E-state index >= 15 is 0 Å². The molecule has 1 N–H and O–H groups in total. The second-order valence-corrected chi connectivity index (χ2v) is 4.45. The number of amides is 1. The molecule has 1 fully saturated rings. The van der Waals surface area contributed by atoms with E-state index in [9.17, 15) is 18.0 Å². The molecule has 7 heteroatoms. The van der Waals surface area contributed by atoms with E-state index in [2.05, 4.69) is 5.32 Å². The number of nitrogens with zero attached hydrogens (tertiary/aromatic N) is 2. The van der Waals surface area contributed by atoms with Crippen LogP contribution in [0.1, 0.15) is 13.3 Å². The SMILES string of the molecule is CCCNCC(=O)N1CCN(CC(F)(F)F)CC1. The van der Waals surface area contributed by atoms with Crippen LogP contribution in [0.3, 0.4) is 0 Å². The predicted octanol–water partition coefficient (Wildman–Crippen LogP) is 0.692. The third-order valence-corrected chi connectivity index (χ3v) is 2.83. The van der Waals surface area contributed by atoms with Gasteiger partial charge in [0.25, 0.3) is 0 Å². The van der Waals surface area contributed by atoms with Crippen molar-refractivity contribution in [2.75, 3.05) is 45.8 Å². The molecular formula is C11H20F3N3O. The van der Waals surface area contributed by atoms with Gasteiger partial charge in [0.15, 0.2) is 0 Å². The van der Waals surface area contributed by atoms with Crippen LogP contribution >= 0.6 is 0 Å². The second kappa shape index (κ2) is 6.94. The van der Waals surface area contributed by atoms with E-state index in [1.165, 1.54) is 4.90 Å². The Kier molecular flexibility index (Phi) is 5.87. The number of rotatable bonds is 5. The van der Waals surface area contributed by atoms with E-state index in [1.807, 2.05) is 6.92 Å². The minimum absolute atomic E-state index is 0.0323. The van der Waals surface area contributed by atoms with Crippen LogP contribution in [-0.2, 0) is 4.79 Å². The molecule has 18 heavy (non-hydrogen) atoms. The average Bonchev–Trinajstić information content (AvgIpc) is 2.28. The predicted molar refractivity (Wildman–Crippen MR) is 62.2 cm³/mol. The minimum atomic E-state index is -4.16. The second-order valence-electron chi connectivity index (χ2n) is 4.45. The zero-order chi connectivity index (χ0) is 13.6. The first-order valence-electron chi connectivity index (χ1n) is 6.20. The molecule has 1 amide bonds. The van der Waals surface area contributed by atoms with Crippen LogP contribution in [0.25, 0.3) is 0 Å². The van der Waals surface area contributed by atoms with Crippen molar-refractivity contribution in [1.29, 1.82) is 0 Å². The van der Waals surface area contributed by atoms with Crippen molar-refractivity contribution in [3.63, 3.8) is 0 Å². The molecule has 4 nitrogen and oxygen atoms in total. The van der Waals surface area contributed by atoms with Crippen molar-refractivity contribution < 1.29 is 18.0 Å². The van der Waals surface area contributed by atoms with Crippen LogP contribution in [-0.4, -0.2) is 67.7 Å². The van der Waals surface area contributed by atoms with Crippen molar-refractivity contribution in [1.82, 2.24) is 15.1 Å². The van der Waals surface area contributed by atoms with E-state index in [1.54, 1.807) is 4.90 Å². The van der Waals surface area contributed by atoms with Crippen LogP contribution in [0.5, 0.6) is 0 Å². The largest absolute Gasteiger partial charge is 0.401 e. The molecule has 0 atom stereocenters. The molecule has 0 radical (unpaired) electrons. The highest BCUT2D eigenvalue weighted by Gasteiger charge is 2.32. The van der Waals surface area contributed by atoms with Gasteiger partial charge in [-0.1, -0.05) is 6.92 Å². The number of hydrogen-bond acceptors (Lipinski definition) is 3. The summed E-state index contributed by atoms with van der Waals surface area (Å²) in [6.07, 6.45) is -3.21. The summed E-state index contributed by atoms with van der Waals surface area (Å²) >= 11 is 0. The lowest BCUT2D eigenvalue weighted by Crippen LogP contribution is -2.52. The Morgan fingerprint density at radius 2 is 1.83 bits per heavy atom. The zero-order valence-corrected chi connectivity index (χ0v) is 10.6. The number of halogens is 3. The lowest BCUT2D eigenvalue weighted by atomic mass is 10.3. The number of nitrogens with one attached hydrogen (secondary N) is 1. The first kappa shape index (κ1) is 15.2. The smallest absolute Gasteiger partial charge is 0.339 e. The van der Waals surface area contributed by atoms with E-state index in [0.29, 0.717) is 26.2 Å². The minimum Gasteiger partial charge on any atom is -0.339 e. The van der Waals surface area contributed by atoms with E-state index in [4.69, 9.17) is 0 Å². The Labute approximate surface area is 105 Å². The molecule has 0 aromatic heterocycles. The topological polar surface area (TPSA) is 35.6 Å². The van der Waals surface area contributed by atoms with Crippen molar-refractivity contribution in [2.45, 2.75) is 19.5 Å². The average molecular weight is 267 g/mol. The van der Waals surface area contributed by atoms with Crippen LogP contribution in [0.2, 0.25) is 0 Å². The fourth-order valence-corrected chi connectivity index (χ4v) is 1.89. The van der Waals surface area contributed by atoms with Gasteiger partial charge in [0.05, 0.1) is 13.1 Å². The highest BCUT2D eigenvalue weighted by atomic mass is 19.4. The Morgan fingerprint density at radius 1 is 1.22 bits per heavy atom. The zero-order valence-electron chi connectivity index (χ0n) is 10.6. The lowest BCUT2D eigenvalue weighted by Gasteiger charge is -2.35. The molecular weight excluding hydrogens is 247 g/mol. The number of hydrogen-bond donors (Lipinski definition) is 1. The Hall–Kier alpha value is -0.820. The Balaban J connectivity index is 2.24. The van der Waals surface area contributed by atoms with Gasteiger partial charge in [-0.2, -0.15) is 13.2 Å². The van der Waals surface area contributed by atoms with Gasteiger partial charge in [0.2, 0.25) is 5.91 Å². The van der Waals surface area contributed by atoms with Crippen LogP contribution in [0.15, 0.2) is 0 Å². The molecule has 0 aromatic carbocycles. The van der Waals surface area contributed by atoms with Crippen LogP contribution in [0.4, 0.5) is 13.2 Å². The summed E-state index contributed by atoms with van der Waals surface area (Å²) in [4.78, 5) is 14.6. The highest BCUT2D eigenvalue weighted by molar-refractivity contribution is 5.78. The summed E-state index contributed by atoms with van der Waals surface area (Å²) in [7, 11) is 0. The molecule has 0 saturated carbocycles. The van der Waals surface area contributed by atoms with Gasteiger partial charge in [0, 0.05) is 26.2 Å². The molecule has 0 aliphatic carbocycles. The van der Waals surface area contributed by atoms with Crippen molar-refractivity contribution in [2.24, 2.45) is 0 Å². The van der Waals surface area contributed by atoms with Gasteiger partial charge >= 0.3 is 6.18 Å².